The zero-order chi connectivity index (χ0) is 12.8. The van der Waals surface area contributed by atoms with E-state index in [1.165, 1.54) is 25.7 Å². The van der Waals surface area contributed by atoms with E-state index in [2.05, 4.69) is 6.07 Å². The fourth-order valence-electron chi connectivity index (χ4n) is 2.58. The lowest BCUT2D eigenvalue weighted by Gasteiger charge is -2.13. The Morgan fingerprint density at radius 2 is 2.06 bits per heavy atom. The lowest BCUT2D eigenvalue weighted by atomic mass is 10.1. The third-order valence-corrected chi connectivity index (χ3v) is 3.67. The average molecular weight is 249 g/mol. The molecule has 1 aliphatic carbocycles. The van der Waals surface area contributed by atoms with Gasteiger partial charge in [0.15, 0.2) is 0 Å². The molecule has 1 saturated carbocycles. The molecule has 1 aliphatic rings. The maximum absolute atomic E-state index is 5.82. The third-order valence-electron chi connectivity index (χ3n) is 3.67. The summed E-state index contributed by atoms with van der Waals surface area (Å²) < 4.78 is 11.2. The van der Waals surface area contributed by atoms with Crippen LogP contribution in [-0.4, -0.2) is 13.7 Å². The summed E-state index contributed by atoms with van der Waals surface area (Å²) in [6.45, 7) is 2.04. The molecule has 18 heavy (non-hydrogen) atoms. The number of methoxy groups -OCH3 is 1. The third kappa shape index (κ3) is 3.47. The van der Waals surface area contributed by atoms with Gasteiger partial charge in [-0.25, -0.2) is 0 Å². The van der Waals surface area contributed by atoms with Crippen LogP contribution in [-0.2, 0) is 17.9 Å². The highest BCUT2D eigenvalue weighted by Gasteiger charge is 2.15. The molecule has 0 aliphatic heterocycles. The lowest BCUT2D eigenvalue weighted by Crippen LogP contribution is -2.07. The Bertz CT molecular complexity index is 373. The standard InChI is InChI=1S/C15H23NO2/c1-17-15-7-6-13(9-16)8-14(15)11-18-10-12-4-2-3-5-12/h6-8,12H,2-5,9-11,16H2,1H3. The maximum atomic E-state index is 5.82. The SMILES string of the molecule is COc1ccc(CN)cc1COCC1CCCC1. The van der Waals surface area contributed by atoms with Gasteiger partial charge in [-0.3, -0.25) is 0 Å². The largest absolute Gasteiger partial charge is 0.496 e. The van der Waals surface area contributed by atoms with Crippen LogP contribution in [0.5, 0.6) is 5.75 Å². The molecule has 0 aromatic heterocycles. The summed E-state index contributed by atoms with van der Waals surface area (Å²) in [5.74, 6) is 1.65. The first-order valence-corrected chi connectivity index (χ1v) is 6.77. The average Bonchev–Trinajstić information content (AvgIpc) is 2.92. The summed E-state index contributed by atoms with van der Waals surface area (Å²) in [5.41, 5.74) is 7.87. The summed E-state index contributed by atoms with van der Waals surface area (Å²) in [5, 5.41) is 0. The number of hydrogen-bond acceptors (Lipinski definition) is 3. The number of rotatable bonds is 6. The van der Waals surface area contributed by atoms with Crippen LogP contribution < -0.4 is 10.5 Å². The molecule has 2 rings (SSSR count). The minimum absolute atomic E-state index is 0.555. The van der Waals surface area contributed by atoms with Crippen molar-refractivity contribution >= 4 is 0 Å². The molecule has 0 bridgehead atoms. The van der Waals surface area contributed by atoms with Crippen molar-refractivity contribution < 1.29 is 9.47 Å². The van der Waals surface area contributed by atoms with Gasteiger partial charge in [-0.05, 0) is 36.5 Å². The minimum atomic E-state index is 0.555. The van der Waals surface area contributed by atoms with Crippen molar-refractivity contribution in [2.75, 3.05) is 13.7 Å². The number of ether oxygens (including phenoxy) is 2. The van der Waals surface area contributed by atoms with Crippen LogP contribution in [0, 0.1) is 5.92 Å². The highest BCUT2D eigenvalue weighted by Crippen LogP contribution is 2.26. The van der Waals surface area contributed by atoms with E-state index in [4.69, 9.17) is 15.2 Å². The Morgan fingerprint density at radius 1 is 1.28 bits per heavy atom. The molecule has 0 spiro atoms. The Morgan fingerprint density at radius 3 is 2.72 bits per heavy atom. The van der Waals surface area contributed by atoms with Crippen LogP contribution in [0.3, 0.4) is 0 Å². The monoisotopic (exact) mass is 249 g/mol. The van der Waals surface area contributed by atoms with Gasteiger partial charge in [0.2, 0.25) is 0 Å². The lowest BCUT2D eigenvalue weighted by molar-refractivity contribution is 0.0874. The van der Waals surface area contributed by atoms with Crippen molar-refractivity contribution in [1.82, 2.24) is 0 Å². The molecule has 0 heterocycles. The van der Waals surface area contributed by atoms with Gasteiger partial charge in [0.05, 0.1) is 13.7 Å². The molecule has 0 saturated heterocycles. The fraction of sp³-hybridized carbons (Fsp3) is 0.600. The van der Waals surface area contributed by atoms with Crippen molar-refractivity contribution in [3.05, 3.63) is 29.3 Å². The zero-order valence-corrected chi connectivity index (χ0v) is 11.2. The molecule has 1 aromatic carbocycles. The predicted molar refractivity (Wildman–Crippen MR) is 72.5 cm³/mol. The van der Waals surface area contributed by atoms with Gasteiger partial charge in [0, 0.05) is 18.7 Å². The summed E-state index contributed by atoms with van der Waals surface area (Å²) in [7, 11) is 1.69. The van der Waals surface area contributed by atoms with E-state index in [1.54, 1.807) is 7.11 Å². The van der Waals surface area contributed by atoms with Crippen molar-refractivity contribution in [1.29, 1.82) is 0 Å². The van der Waals surface area contributed by atoms with E-state index in [0.717, 1.165) is 29.4 Å². The smallest absolute Gasteiger partial charge is 0.124 e. The normalized spacial score (nSPS) is 16.1. The van der Waals surface area contributed by atoms with Crippen LogP contribution in [0.4, 0.5) is 0 Å². The molecule has 2 N–H and O–H groups in total. The van der Waals surface area contributed by atoms with Crippen LogP contribution in [0.15, 0.2) is 18.2 Å². The van der Waals surface area contributed by atoms with Gasteiger partial charge in [0.25, 0.3) is 0 Å². The zero-order valence-electron chi connectivity index (χ0n) is 11.2. The summed E-state index contributed by atoms with van der Waals surface area (Å²) in [6, 6.07) is 6.04. The Kier molecular flexibility index (Phi) is 5.02. The van der Waals surface area contributed by atoms with Gasteiger partial charge < -0.3 is 15.2 Å². The second kappa shape index (κ2) is 6.76. The summed E-state index contributed by atoms with van der Waals surface area (Å²) >= 11 is 0. The van der Waals surface area contributed by atoms with Gasteiger partial charge in [-0.1, -0.05) is 18.9 Å². The first-order chi connectivity index (χ1) is 8.83. The van der Waals surface area contributed by atoms with E-state index in [1.807, 2.05) is 12.1 Å². The van der Waals surface area contributed by atoms with E-state index in [0.29, 0.717) is 13.2 Å². The van der Waals surface area contributed by atoms with E-state index < -0.39 is 0 Å². The highest BCUT2D eigenvalue weighted by atomic mass is 16.5. The summed E-state index contributed by atoms with van der Waals surface area (Å²) in [6.07, 6.45) is 5.36. The van der Waals surface area contributed by atoms with Crippen molar-refractivity contribution in [2.45, 2.75) is 38.8 Å². The molecule has 0 amide bonds. The van der Waals surface area contributed by atoms with Crippen molar-refractivity contribution in [3.63, 3.8) is 0 Å². The molecular weight excluding hydrogens is 226 g/mol. The Hall–Kier alpha value is -1.06. The van der Waals surface area contributed by atoms with Crippen molar-refractivity contribution in [2.24, 2.45) is 11.7 Å². The number of benzene rings is 1. The molecule has 0 atom stereocenters. The van der Waals surface area contributed by atoms with E-state index >= 15 is 0 Å². The van der Waals surface area contributed by atoms with Crippen LogP contribution in [0.25, 0.3) is 0 Å². The molecular formula is C15H23NO2. The highest BCUT2D eigenvalue weighted by molar-refractivity contribution is 5.36. The van der Waals surface area contributed by atoms with Gasteiger partial charge in [-0.15, -0.1) is 0 Å². The minimum Gasteiger partial charge on any atom is -0.496 e. The molecule has 1 aromatic rings. The van der Waals surface area contributed by atoms with Crippen LogP contribution in [0.2, 0.25) is 0 Å². The molecule has 0 radical (unpaired) electrons. The Balaban J connectivity index is 1.89. The number of nitrogens with two attached hydrogens (primary N) is 1. The van der Waals surface area contributed by atoms with Crippen molar-refractivity contribution in [3.8, 4) is 5.75 Å². The van der Waals surface area contributed by atoms with Crippen LogP contribution in [0.1, 0.15) is 36.8 Å². The molecule has 3 heteroatoms. The molecule has 0 unspecified atom stereocenters. The van der Waals surface area contributed by atoms with E-state index in [-0.39, 0.29) is 0 Å². The second-order valence-corrected chi connectivity index (χ2v) is 5.02. The summed E-state index contributed by atoms with van der Waals surface area (Å²) in [4.78, 5) is 0. The maximum Gasteiger partial charge on any atom is 0.124 e. The molecule has 100 valence electrons. The topological polar surface area (TPSA) is 44.5 Å². The predicted octanol–water partition coefficient (Wildman–Crippen LogP) is 2.86. The van der Waals surface area contributed by atoms with Crippen LogP contribution >= 0.6 is 0 Å². The fourth-order valence-corrected chi connectivity index (χ4v) is 2.58. The molecule has 3 nitrogen and oxygen atoms in total. The van der Waals surface area contributed by atoms with Gasteiger partial charge in [-0.2, -0.15) is 0 Å². The first kappa shape index (κ1) is 13.4. The van der Waals surface area contributed by atoms with E-state index in [9.17, 15) is 0 Å². The molecule has 1 fully saturated rings. The second-order valence-electron chi connectivity index (χ2n) is 5.02. The number of hydrogen-bond donors (Lipinski definition) is 1. The quantitative estimate of drug-likeness (QED) is 0.843. The van der Waals surface area contributed by atoms with Gasteiger partial charge >= 0.3 is 0 Å². The van der Waals surface area contributed by atoms with Gasteiger partial charge in [0.1, 0.15) is 5.75 Å². The Labute approximate surface area is 109 Å². The first-order valence-electron chi connectivity index (χ1n) is 6.77.